The molecule has 0 aliphatic carbocycles. The Kier molecular flexibility index (Phi) is 16.8. The Morgan fingerprint density at radius 1 is 0.934 bits per heavy atom. The van der Waals surface area contributed by atoms with Gasteiger partial charge in [-0.25, -0.2) is 18.7 Å². The Balaban J connectivity index is 1.36. The molecule has 0 spiro atoms. The predicted octanol–water partition coefficient (Wildman–Crippen LogP) is 6.75. The molecule has 2 aromatic carbocycles. The number of ether oxygens (including phenoxy) is 4. The molecule has 5 rings (SSSR count). The number of piperidine rings is 1. The number of nitrogens with zero attached hydrogens (tertiary/aromatic N) is 2. The summed E-state index contributed by atoms with van der Waals surface area (Å²) in [7, 11) is -2.63. The van der Waals surface area contributed by atoms with Gasteiger partial charge in [-0.1, -0.05) is 36.4 Å². The number of quaternary nitrogens is 2. The molecule has 61 heavy (non-hydrogen) atoms. The molecule has 0 amide bonds. The molecule has 334 valence electrons. The van der Waals surface area contributed by atoms with Crippen molar-refractivity contribution in [3.63, 3.8) is 0 Å². The zero-order valence-electron chi connectivity index (χ0n) is 36.0. The minimum Gasteiger partial charge on any atom is -0.488 e. The van der Waals surface area contributed by atoms with Crippen LogP contribution < -0.4 is 14.8 Å². The first-order chi connectivity index (χ1) is 28.9. The fraction of sp³-hybridized carbons (Fsp3) is 0.500. The number of aliphatic hydroxyl groups excluding tert-OH is 1. The number of phosphoric acid groups is 1. The van der Waals surface area contributed by atoms with Crippen LogP contribution in [0.15, 0.2) is 83.6 Å². The molecule has 1 aliphatic heterocycles. The molecule has 17 heteroatoms. The lowest BCUT2D eigenvalue weighted by atomic mass is 9.98. The second-order valence-electron chi connectivity index (χ2n) is 16.9. The van der Waals surface area contributed by atoms with Gasteiger partial charge in [-0.2, -0.15) is 0 Å². The third-order valence-electron chi connectivity index (χ3n) is 11.2. The van der Waals surface area contributed by atoms with Crippen LogP contribution >= 0.6 is 30.5 Å². The Bertz CT molecular complexity index is 1990. The van der Waals surface area contributed by atoms with Crippen LogP contribution in [0.4, 0.5) is 0 Å². The monoisotopic (exact) mass is 903 g/mol. The predicted molar refractivity (Wildman–Crippen MR) is 235 cm³/mol. The topological polar surface area (TPSA) is 170 Å². The number of esters is 2. The number of likely N-dealkylation sites (N-methyl/N-ethyl adjacent to an activating group) is 2. The maximum Gasteiger partial charge on any atom is 0.472 e. The minimum absolute atomic E-state index is 0.139. The summed E-state index contributed by atoms with van der Waals surface area (Å²) in [6.45, 7) is 13.4. The first-order valence-corrected chi connectivity index (χ1v) is 23.9. The van der Waals surface area contributed by atoms with Crippen LogP contribution in [-0.4, -0.2) is 114 Å². The van der Waals surface area contributed by atoms with Crippen LogP contribution in [0.25, 0.3) is 0 Å². The first-order valence-electron chi connectivity index (χ1n) is 20.6. The molecule has 1 aliphatic rings. The Morgan fingerprint density at radius 3 is 2.13 bits per heavy atom. The SMILES string of the molecule is CC[N+](CC)(CC(=O)OC(C(=O)OC1CC[N+](C)(CCOc2ccccc2)CC1)(c1cccs1)c1cccs1)Cc1cc(C(O)CNC(C)(C)C)ccc1OCOP(=O)(O)O. The molecule has 14 nitrogen and oxygen atoms in total. The average Bonchev–Trinajstić information content (AvgIpc) is 3.97. The molecule has 0 saturated carbocycles. The summed E-state index contributed by atoms with van der Waals surface area (Å²) < 4.78 is 41.5. The number of rotatable bonds is 22. The number of thiophene rings is 2. The second kappa shape index (κ2) is 21.1. The van der Waals surface area contributed by atoms with E-state index in [0.29, 0.717) is 53.4 Å². The number of aliphatic hydroxyl groups is 1. The number of likely N-dealkylation sites (tertiary alicyclic amines) is 1. The van der Waals surface area contributed by atoms with Gasteiger partial charge in [0.2, 0.25) is 0 Å². The van der Waals surface area contributed by atoms with Crippen LogP contribution in [0.1, 0.15) is 74.4 Å². The molecule has 0 radical (unpaired) electrons. The van der Waals surface area contributed by atoms with Gasteiger partial charge in [-0.3, -0.25) is 0 Å². The molecule has 0 bridgehead atoms. The third kappa shape index (κ3) is 13.7. The van der Waals surface area contributed by atoms with Crippen molar-refractivity contribution in [3.05, 3.63) is 104 Å². The van der Waals surface area contributed by atoms with E-state index in [-0.39, 0.29) is 41.5 Å². The molecule has 4 aromatic rings. The van der Waals surface area contributed by atoms with Crippen molar-refractivity contribution >= 4 is 42.4 Å². The molecule has 4 N–H and O–H groups in total. The van der Waals surface area contributed by atoms with E-state index in [0.717, 1.165) is 29.9 Å². The maximum absolute atomic E-state index is 14.8. The van der Waals surface area contributed by atoms with Gasteiger partial charge < -0.3 is 48.1 Å². The van der Waals surface area contributed by atoms with Crippen molar-refractivity contribution in [2.24, 2.45) is 0 Å². The fourth-order valence-corrected chi connectivity index (χ4v) is 9.36. The number of benzene rings is 2. The van der Waals surface area contributed by atoms with Gasteiger partial charge >= 0.3 is 19.8 Å². The third-order valence-corrected chi connectivity index (χ3v) is 13.6. The highest BCUT2D eigenvalue weighted by atomic mass is 32.1. The Hall–Kier alpha value is -3.67. The normalized spacial score (nSPS) is 18.0. The number of β-amino-alcohol motifs (C(OH)–C–C–N with tert-alkyl or cyclic N) is 1. The van der Waals surface area contributed by atoms with Crippen LogP contribution in [0.3, 0.4) is 0 Å². The molecule has 2 aromatic heterocycles. The van der Waals surface area contributed by atoms with E-state index in [1.165, 1.54) is 22.7 Å². The number of hydrogen-bond donors (Lipinski definition) is 4. The lowest BCUT2D eigenvalue weighted by Gasteiger charge is -2.41. The highest BCUT2D eigenvalue weighted by Gasteiger charge is 2.52. The van der Waals surface area contributed by atoms with Crippen molar-refractivity contribution < 1.29 is 61.5 Å². The lowest BCUT2D eigenvalue weighted by molar-refractivity contribution is -0.931. The Morgan fingerprint density at radius 2 is 1.57 bits per heavy atom. The smallest absolute Gasteiger partial charge is 0.472 e. The summed E-state index contributed by atoms with van der Waals surface area (Å²) in [4.78, 5) is 48.9. The van der Waals surface area contributed by atoms with Gasteiger partial charge in [-0.15, -0.1) is 22.7 Å². The first kappa shape index (κ1) is 48.4. The summed E-state index contributed by atoms with van der Waals surface area (Å²) in [6, 6.07) is 22.0. The number of hydrogen-bond acceptors (Lipinski definition) is 12. The molecule has 1 atom stereocenters. The van der Waals surface area contributed by atoms with Gasteiger partial charge in [0.25, 0.3) is 5.60 Å². The van der Waals surface area contributed by atoms with Crippen LogP contribution in [-0.2, 0) is 40.3 Å². The van der Waals surface area contributed by atoms with Gasteiger partial charge in [0.05, 0.1) is 49.1 Å². The second-order valence-corrected chi connectivity index (χ2v) is 20.0. The van der Waals surface area contributed by atoms with Crippen LogP contribution in [0.5, 0.6) is 11.5 Å². The van der Waals surface area contributed by atoms with E-state index >= 15 is 0 Å². The van der Waals surface area contributed by atoms with Crippen LogP contribution in [0, 0.1) is 0 Å². The number of carbonyl (C=O) groups is 2. The number of para-hydroxylation sites is 1. The van der Waals surface area contributed by atoms with Crippen molar-refractivity contribution in [3.8, 4) is 11.5 Å². The lowest BCUT2D eigenvalue weighted by Crippen LogP contribution is -2.54. The number of nitrogens with one attached hydrogen (secondary N) is 1. The van der Waals surface area contributed by atoms with E-state index < -0.39 is 38.3 Å². The standard InChI is InChI=1S/C44H60N3O11PS2/c1-7-47(8-2,30-34-28-33(37(48)29-45-43(3,4)5)18-19-38(34)55-32-56-59(51,52)53)31-41(49)58-44(39-16-12-26-60-39,40-17-13-27-61-40)42(50)57-36-20-22-46(6,23-21-36)24-25-54-35-14-10-9-11-15-35/h9-19,26-28,36-37,45,48H,7-8,20-25,29-32H2,1-6H3/p+2. The summed E-state index contributed by atoms with van der Waals surface area (Å²) in [5.74, 6) is -0.158. The van der Waals surface area contributed by atoms with Crippen LogP contribution in [0.2, 0.25) is 0 Å². The maximum atomic E-state index is 14.8. The van der Waals surface area contributed by atoms with Crippen molar-refractivity contribution in [2.75, 3.05) is 66.3 Å². The summed E-state index contributed by atoms with van der Waals surface area (Å²) >= 11 is 2.63. The molecule has 1 saturated heterocycles. The van der Waals surface area contributed by atoms with E-state index in [2.05, 4.69) is 16.9 Å². The average molecular weight is 904 g/mol. The van der Waals surface area contributed by atoms with Crippen molar-refractivity contribution in [2.45, 2.75) is 77.4 Å². The quantitative estimate of drug-likeness (QED) is 0.0284. The zero-order chi connectivity index (χ0) is 44.3. The van der Waals surface area contributed by atoms with E-state index in [4.69, 9.17) is 18.9 Å². The van der Waals surface area contributed by atoms with Gasteiger partial charge in [-0.05, 0) is 87.3 Å². The zero-order valence-corrected chi connectivity index (χ0v) is 38.5. The fourth-order valence-electron chi connectivity index (χ4n) is 7.38. The van der Waals surface area contributed by atoms with Gasteiger partial charge in [0, 0.05) is 30.5 Å². The Labute approximate surface area is 367 Å². The molecule has 1 unspecified atom stereocenters. The number of phosphoric ester groups is 1. The van der Waals surface area contributed by atoms with E-state index in [1.807, 2.05) is 87.8 Å². The molecule has 1 fully saturated rings. The molecular formula is C44H62N3O11PS2+2. The largest absolute Gasteiger partial charge is 0.488 e. The highest BCUT2D eigenvalue weighted by Crippen LogP contribution is 2.42. The van der Waals surface area contributed by atoms with Gasteiger partial charge in [0.15, 0.2) is 13.3 Å². The molecular weight excluding hydrogens is 842 g/mol. The highest BCUT2D eigenvalue weighted by molar-refractivity contribution is 7.46. The number of carbonyl (C=O) groups excluding carboxylic acids is 2. The summed E-state index contributed by atoms with van der Waals surface area (Å²) in [5, 5.41) is 18.1. The van der Waals surface area contributed by atoms with E-state index in [1.54, 1.807) is 30.3 Å². The molecule has 3 heterocycles. The van der Waals surface area contributed by atoms with E-state index in [9.17, 15) is 29.0 Å². The van der Waals surface area contributed by atoms with Crippen molar-refractivity contribution in [1.29, 1.82) is 0 Å². The van der Waals surface area contributed by atoms with Gasteiger partial charge in [0.1, 0.15) is 37.3 Å². The summed E-state index contributed by atoms with van der Waals surface area (Å²) in [6.07, 6.45) is 0.0214. The summed E-state index contributed by atoms with van der Waals surface area (Å²) in [5.41, 5.74) is -0.918. The van der Waals surface area contributed by atoms with Crippen molar-refractivity contribution in [1.82, 2.24) is 5.32 Å². The minimum atomic E-state index is -4.82.